The minimum atomic E-state index is -0.345. The van der Waals surface area contributed by atoms with E-state index in [4.69, 9.17) is 9.15 Å². The van der Waals surface area contributed by atoms with Gasteiger partial charge in [0.15, 0.2) is 0 Å². The molecule has 1 fully saturated rings. The van der Waals surface area contributed by atoms with Crippen molar-refractivity contribution < 1.29 is 18.7 Å². The van der Waals surface area contributed by atoms with E-state index in [0.717, 1.165) is 18.4 Å². The Bertz CT molecular complexity index is 758. The Hall–Kier alpha value is -2.89. The minimum Gasteiger partial charge on any atom is -0.462 e. The molecule has 1 aliphatic carbocycles. The summed E-state index contributed by atoms with van der Waals surface area (Å²) in [6, 6.07) is 10.5. The van der Waals surface area contributed by atoms with Crippen LogP contribution in [-0.2, 0) is 9.53 Å². The van der Waals surface area contributed by atoms with Gasteiger partial charge in [-0.2, -0.15) is 5.10 Å². The molecule has 1 amide bonds. The Morgan fingerprint density at radius 3 is 2.67 bits per heavy atom. The summed E-state index contributed by atoms with van der Waals surface area (Å²) in [5.41, 5.74) is 3.83. The van der Waals surface area contributed by atoms with Crippen molar-refractivity contribution in [3.8, 4) is 11.3 Å². The van der Waals surface area contributed by atoms with E-state index in [0.29, 0.717) is 23.7 Å². The zero-order valence-corrected chi connectivity index (χ0v) is 13.3. The molecule has 0 saturated heterocycles. The number of hydrogen-bond donors (Lipinski definition) is 1. The van der Waals surface area contributed by atoms with Gasteiger partial charge in [0.05, 0.1) is 18.4 Å². The van der Waals surface area contributed by atoms with Gasteiger partial charge in [0.2, 0.25) is 5.91 Å². The minimum absolute atomic E-state index is 0.0485. The third-order valence-corrected chi connectivity index (χ3v) is 3.62. The number of carbonyl (C=O) groups excluding carboxylic acids is 2. The van der Waals surface area contributed by atoms with E-state index in [2.05, 4.69) is 10.5 Å². The van der Waals surface area contributed by atoms with Crippen molar-refractivity contribution in [2.75, 3.05) is 6.61 Å². The molecular formula is C18H18N2O4. The molecule has 1 heterocycles. The SMILES string of the molecule is CCOC(=O)c1ccc(-c2ccc(/C=N\NC(=O)C3CC3)o2)cc1. The van der Waals surface area contributed by atoms with Crippen LogP contribution in [0.1, 0.15) is 35.9 Å². The molecule has 3 rings (SSSR count). The fourth-order valence-corrected chi connectivity index (χ4v) is 2.16. The number of ether oxygens (including phenoxy) is 1. The van der Waals surface area contributed by atoms with Gasteiger partial charge in [-0.05, 0) is 44.0 Å². The van der Waals surface area contributed by atoms with Gasteiger partial charge in [-0.15, -0.1) is 0 Å². The number of hydrogen-bond acceptors (Lipinski definition) is 5. The lowest BCUT2D eigenvalue weighted by atomic mass is 10.1. The Morgan fingerprint density at radius 1 is 1.25 bits per heavy atom. The maximum absolute atomic E-state index is 11.6. The summed E-state index contributed by atoms with van der Waals surface area (Å²) in [4.78, 5) is 23.1. The van der Waals surface area contributed by atoms with Crippen LogP contribution in [0.4, 0.5) is 0 Å². The fraction of sp³-hybridized carbons (Fsp3) is 0.278. The summed E-state index contributed by atoms with van der Waals surface area (Å²) in [6.45, 7) is 2.12. The zero-order chi connectivity index (χ0) is 16.9. The normalized spacial score (nSPS) is 13.9. The molecule has 2 aromatic rings. The second-order valence-corrected chi connectivity index (χ2v) is 5.51. The Kier molecular flexibility index (Phi) is 4.74. The highest BCUT2D eigenvalue weighted by atomic mass is 16.5. The van der Waals surface area contributed by atoms with E-state index in [1.807, 2.05) is 6.07 Å². The van der Waals surface area contributed by atoms with Gasteiger partial charge in [0.25, 0.3) is 0 Å². The number of benzene rings is 1. The van der Waals surface area contributed by atoms with Crippen molar-refractivity contribution in [3.05, 3.63) is 47.7 Å². The van der Waals surface area contributed by atoms with Crippen molar-refractivity contribution in [3.63, 3.8) is 0 Å². The van der Waals surface area contributed by atoms with Gasteiger partial charge in [-0.25, -0.2) is 10.2 Å². The Balaban J connectivity index is 1.63. The second kappa shape index (κ2) is 7.12. The lowest BCUT2D eigenvalue weighted by Gasteiger charge is -2.02. The highest BCUT2D eigenvalue weighted by molar-refractivity contribution is 5.90. The van der Waals surface area contributed by atoms with Crippen LogP contribution in [0.15, 0.2) is 45.9 Å². The first-order valence-electron chi connectivity index (χ1n) is 7.87. The molecule has 1 saturated carbocycles. The van der Waals surface area contributed by atoms with Crippen molar-refractivity contribution in [1.29, 1.82) is 0 Å². The Labute approximate surface area is 139 Å². The van der Waals surface area contributed by atoms with Crippen molar-refractivity contribution in [1.82, 2.24) is 5.43 Å². The molecule has 0 atom stereocenters. The lowest BCUT2D eigenvalue weighted by Crippen LogP contribution is -2.18. The zero-order valence-electron chi connectivity index (χ0n) is 13.3. The number of esters is 1. The number of amides is 1. The third kappa shape index (κ3) is 3.90. The predicted octanol–water partition coefficient (Wildman–Crippen LogP) is 2.98. The fourth-order valence-electron chi connectivity index (χ4n) is 2.16. The Morgan fingerprint density at radius 2 is 2.00 bits per heavy atom. The summed E-state index contributed by atoms with van der Waals surface area (Å²) in [5, 5.41) is 3.89. The van der Waals surface area contributed by atoms with Gasteiger partial charge in [0.1, 0.15) is 11.5 Å². The number of nitrogens with one attached hydrogen (secondary N) is 1. The van der Waals surface area contributed by atoms with Gasteiger partial charge >= 0.3 is 5.97 Å². The average Bonchev–Trinajstić information content (AvgIpc) is 3.34. The molecule has 6 heteroatoms. The number of carbonyl (C=O) groups is 2. The van der Waals surface area contributed by atoms with Crippen molar-refractivity contribution >= 4 is 18.1 Å². The maximum Gasteiger partial charge on any atom is 0.338 e. The molecule has 124 valence electrons. The van der Waals surface area contributed by atoms with Crippen LogP contribution in [-0.4, -0.2) is 24.7 Å². The first-order chi connectivity index (χ1) is 11.7. The standard InChI is InChI=1S/C18H18N2O4/c1-2-23-18(22)14-7-3-12(4-8-14)16-10-9-15(24-16)11-19-20-17(21)13-5-6-13/h3-4,7-11,13H,2,5-6H2,1H3,(H,20,21)/b19-11-. The van der Waals surface area contributed by atoms with Crippen LogP contribution in [0.2, 0.25) is 0 Å². The lowest BCUT2D eigenvalue weighted by molar-refractivity contribution is -0.122. The summed E-state index contributed by atoms with van der Waals surface area (Å²) in [5.74, 6) is 0.915. The molecule has 1 aromatic heterocycles. The summed E-state index contributed by atoms with van der Waals surface area (Å²) < 4.78 is 10.6. The van der Waals surface area contributed by atoms with Crippen LogP contribution >= 0.6 is 0 Å². The largest absolute Gasteiger partial charge is 0.462 e. The van der Waals surface area contributed by atoms with E-state index in [1.165, 1.54) is 6.21 Å². The number of nitrogens with zero attached hydrogens (tertiary/aromatic N) is 1. The third-order valence-electron chi connectivity index (χ3n) is 3.62. The smallest absolute Gasteiger partial charge is 0.338 e. The maximum atomic E-state index is 11.6. The summed E-state index contributed by atoms with van der Waals surface area (Å²) in [6.07, 6.45) is 3.35. The molecule has 0 aliphatic heterocycles. The van der Waals surface area contributed by atoms with E-state index >= 15 is 0 Å². The summed E-state index contributed by atoms with van der Waals surface area (Å²) in [7, 11) is 0. The molecular weight excluding hydrogens is 308 g/mol. The van der Waals surface area contributed by atoms with Crippen LogP contribution in [0.3, 0.4) is 0 Å². The highest BCUT2D eigenvalue weighted by Gasteiger charge is 2.29. The monoisotopic (exact) mass is 326 g/mol. The molecule has 1 aliphatic rings. The van der Waals surface area contributed by atoms with Gasteiger partial charge < -0.3 is 9.15 Å². The van der Waals surface area contributed by atoms with Crippen LogP contribution in [0.25, 0.3) is 11.3 Å². The molecule has 0 radical (unpaired) electrons. The van der Waals surface area contributed by atoms with Crippen LogP contribution in [0.5, 0.6) is 0 Å². The van der Waals surface area contributed by atoms with E-state index in [9.17, 15) is 9.59 Å². The number of furan rings is 1. The first kappa shape index (κ1) is 16.0. The topological polar surface area (TPSA) is 80.9 Å². The molecule has 1 N–H and O–H groups in total. The van der Waals surface area contributed by atoms with Gasteiger partial charge in [-0.1, -0.05) is 12.1 Å². The molecule has 0 unspecified atom stereocenters. The second-order valence-electron chi connectivity index (χ2n) is 5.51. The number of hydrazone groups is 1. The number of rotatable bonds is 6. The summed E-state index contributed by atoms with van der Waals surface area (Å²) >= 11 is 0. The van der Waals surface area contributed by atoms with Gasteiger partial charge in [-0.3, -0.25) is 4.79 Å². The highest BCUT2D eigenvalue weighted by Crippen LogP contribution is 2.28. The molecule has 1 aromatic carbocycles. The van der Waals surface area contributed by atoms with Crippen molar-refractivity contribution in [2.45, 2.75) is 19.8 Å². The molecule has 24 heavy (non-hydrogen) atoms. The van der Waals surface area contributed by atoms with E-state index in [1.54, 1.807) is 37.3 Å². The molecule has 0 spiro atoms. The quantitative estimate of drug-likeness (QED) is 0.503. The van der Waals surface area contributed by atoms with Gasteiger partial charge in [0, 0.05) is 11.5 Å². The molecule has 6 nitrogen and oxygen atoms in total. The van der Waals surface area contributed by atoms with Crippen LogP contribution in [0, 0.1) is 5.92 Å². The van der Waals surface area contributed by atoms with Crippen LogP contribution < -0.4 is 5.43 Å². The van der Waals surface area contributed by atoms with Crippen molar-refractivity contribution in [2.24, 2.45) is 11.0 Å². The molecule has 0 bridgehead atoms. The first-order valence-corrected chi connectivity index (χ1v) is 7.87. The van der Waals surface area contributed by atoms with E-state index < -0.39 is 0 Å². The average molecular weight is 326 g/mol. The van der Waals surface area contributed by atoms with E-state index in [-0.39, 0.29) is 17.8 Å². The predicted molar refractivity (Wildman–Crippen MR) is 88.6 cm³/mol.